The number of hydrogen-bond donors (Lipinski definition) is 0. The Hall–Kier alpha value is -0.830. The SMILES string of the molecule is O=C(Cc1cc(Br)cc2c1OCC2)CC1CCCC1. The lowest BCUT2D eigenvalue weighted by atomic mass is 9.96. The van der Waals surface area contributed by atoms with Crippen LogP contribution in [0.15, 0.2) is 16.6 Å². The van der Waals surface area contributed by atoms with Gasteiger partial charge in [0.05, 0.1) is 6.61 Å². The summed E-state index contributed by atoms with van der Waals surface area (Å²) in [5, 5.41) is 0. The Kier molecular flexibility index (Phi) is 3.92. The maximum absolute atomic E-state index is 12.2. The van der Waals surface area contributed by atoms with Gasteiger partial charge in [-0.3, -0.25) is 4.79 Å². The first-order valence-electron chi connectivity index (χ1n) is 7.18. The number of rotatable bonds is 4. The molecule has 0 amide bonds. The minimum atomic E-state index is 0.364. The summed E-state index contributed by atoms with van der Waals surface area (Å²) >= 11 is 3.53. The van der Waals surface area contributed by atoms with Crippen LogP contribution in [0, 0.1) is 5.92 Å². The Morgan fingerprint density at radius 2 is 2.11 bits per heavy atom. The molecule has 3 rings (SSSR count). The van der Waals surface area contributed by atoms with Crippen molar-refractivity contribution < 1.29 is 9.53 Å². The quantitative estimate of drug-likeness (QED) is 0.835. The van der Waals surface area contributed by atoms with Gasteiger partial charge < -0.3 is 4.74 Å². The molecule has 0 saturated heterocycles. The maximum Gasteiger partial charge on any atom is 0.137 e. The topological polar surface area (TPSA) is 26.3 Å². The highest BCUT2D eigenvalue weighted by atomic mass is 79.9. The molecule has 1 aliphatic heterocycles. The molecule has 3 heteroatoms. The summed E-state index contributed by atoms with van der Waals surface area (Å²) in [4.78, 5) is 12.2. The van der Waals surface area contributed by atoms with E-state index in [2.05, 4.69) is 22.0 Å². The smallest absolute Gasteiger partial charge is 0.137 e. The molecular weight excluding hydrogens is 304 g/mol. The molecule has 0 spiro atoms. The van der Waals surface area contributed by atoms with Crippen molar-refractivity contribution in [2.24, 2.45) is 5.92 Å². The van der Waals surface area contributed by atoms with Gasteiger partial charge in [0.2, 0.25) is 0 Å². The van der Waals surface area contributed by atoms with Gasteiger partial charge in [-0.1, -0.05) is 41.6 Å². The van der Waals surface area contributed by atoms with E-state index in [0.29, 0.717) is 18.1 Å². The summed E-state index contributed by atoms with van der Waals surface area (Å²) < 4.78 is 6.74. The predicted octanol–water partition coefficient (Wildman–Crippen LogP) is 4.08. The lowest BCUT2D eigenvalue weighted by molar-refractivity contribution is -0.119. The molecule has 2 nitrogen and oxygen atoms in total. The summed E-state index contributed by atoms with van der Waals surface area (Å²) in [6, 6.07) is 4.14. The first-order chi connectivity index (χ1) is 9.22. The highest BCUT2D eigenvalue weighted by Crippen LogP contribution is 2.34. The molecule has 0 atom stereocenters. The largest absolute Gasteiger partial charge is 0.493 e. The van der Waals surface area contributed by atoms with Crippen LogP contribution in [0.5, 0.6) is 5.75 Å². The molecule has 0 radical (unpaired) electrons. The molecule has 0 N–H and O–H groups in total. The van der Waals surface area contributed by atoms with E-state index in [0.717, 1.165) is 35.2 Å². The molecule has 19 heavy (non-hydrogen) atoms. The predicted molar refractivity (Wildman–Crippen MR) is 78.6 cm³/mol. The average molecular weight is 323 g/mol. The van der Waals surface area contributed by atoms with E-state index < -0.39 is 0 Å². The molecule has 0 bridgehead atoms. The van der Waals surface area contributed by atoms with Gasteiger partial charge in [-0.25, -0.2) is 0 Å². The van der Waals surface area contributed by atoms with E-state index in [-0.39, 0.29) is 0 Å². The van der Waals surface area contributed by atoms with Crippen molar-refractivity contribution in [1.29, 1.82) is 0 Å². The number of ether oxygens (including phenoxy) is 1. The van der Waals surface area contributed by atoms with Gasteiger partial charge >= 0.3 is 0 Å². The van der Waals surface area contributed by atoms with Crippen molar-refractivity contribution in [2.45, 2.75) is 44.9 Å². The second-order valence-corrected chi connectivity index (χ2v) is 6.64. The van der Waals surface area contributed by atoms with Gasteiger partial charge in [-0.2, -0.15) is 0 Å². The van der Waals surface area contributed by atoms with E-state index >= 15 is 0 Å². The Balaban J connectivity index is 1.70. The zero-order valence-electron chi connectivity index (χ0n) is 11.1. The fourth-order valence-corrected chi connectivity index (χ4v) is 3.85. The number of Topliss-reactive ketones (excluding diaryl/α,β-unsaturated/α-hetero) is 1. The van der Waals surface area contributed by atoms with E-state index in [1.165, 1.54) is 31.2 Å². The summed E-state index contributed by atoms with van der Waals surface area (Å²) in [7, 11) is 0. The van der Waals surface area contributed by atoms with Crippen molar-refractivity contribution in [1.82, 2.24) is 0 Å². The number of benzene rings is 1. The molecule has 1 fully saturated rings. The number of halogens is 1. The Morgan fingerprint density at radius 1 is 1.32 bits per heavy atom. The van der Waals surface area contributed by atoms with Gasteiger partial charge in [0, 0.05) is 29.3 Å². The van der Waals surface area contributed by atoms with E-state index in [9.17, 15) is 4.79 Å². The van der Waals surface area contributed by atoms with Crippen molar-refractivity contribution in [3.8, 4) is 5.75 Å². The molecule has 0 unspecified atom stereocenters. The van der Waals surface area contributed by atoms with E-state index in [1.54, 1.807) is 0 Å². The van der Waals surface area contributed by atoms with Gasteiger partial charge in [0.25, 0.3) is 0 Å². The lowest BCUT2D eigenvalue weighted by Crippen LogP contribution is -2.09. The van der Waals surface area contributed by atoms with Crippen molar-refractivity contribution in [3.05, 3.63) is 27.7 Å². The first kappa shape index (κ1) is 13.2. The van der Waals surface area contributed by atoms with Crippen LogP contribution < -0.4 is 4.74 Å². The molecule has 1 heterocycles. The minimum Gasteiger partial charge on any atom is -0.493 e. The van der Waals surface area contributed by atoms with Crippen LogP contribution in [-0.4, -0.2) is 12.4 Å². The summed E-state index contributed by atoms with van der Waals surface area (Å²) in [6.07, 6.45) is 7.30. The Morgan fingerprint density at radius 3 is 2.89 bits per heavy atom. The lowest BCUT2D eigenvalue weighted by Gasteiger charge is -2.11. The third kappa shape index (κ3) is 3.02. The van der Waals surface area contributed by atoms with Crippen LogP contribution in [0.25, 0.3) is 0 Å². The van der Waals surface area contributed by atoms with Gasteiger partial charge in [0.1, 0.15) is 11.5 Å². The molecule has 2 aliphatic rings. The normalized spacial score (nSPS) is 18.4. The fraction of sp³-hybridized carbons (Fsp3) is 0.562. The van der Waals surface area contributed by atoms with Crippen LogP contribution in [0.2, 0.25) is 0 Å². The van der Waals surface area contributed by atoms with Crippen LogP contribution in [0.3, 0.4) is 0 Å². The average Bonchev–Trinajstić information content (AvgIpc) is 2.99. The molecule has 0 aromatic heterocycles. The van der Waals surface area contributed by atoms with Crippen LogP contribution in [-0.2, 0) is 17.6 Å². The van der Waals surface area contributed by atoms with Gasteiger partial charge in [-0.15, -0.1) is 0 Å². The third-order valence-corrected chi connectivity index (χ3v) is 4.66. The first-order valence-corrected chi connectivity index (χ1v) is 7.97. The third-order valence-electron chi connectivity index (χ3n) is 4.20. The summed E-state index contributed by atoms with van der Waals surface area (Å²) in [6.45, 7) is 0.746. The highest BCUT2D eigenvalue weighted by molar-refractivity contribution is 9.10. The fourth-order valence-electron chi connectivity index (χ4n) is 3.30. The highest BCUT2D eigenvalue weighted by Gasteiger charge is 2.22. The number of carbonyl (C=O) groups excluding carboxylic acids is 1. The molecule has 102 valence electrons. The van der Waals surface area contributed by atoms with Crippen LogP contribution in [0.1, 0.15) is 43.2 Å². The van der Waals surface area contributed by atoms with E-state index in [4.69, 9.17) is 4.74 Å². The summed E-state index contributed by atoms with van der Waals surface area (Å²) in [5.41, 5.74) is 2.29. The van der Waals surface area contributed by atoms with Gasteiger partial charge in [-0.05, 0) is 23.6 Å². The van der Waals surface area contributed by atoms with Crippen LogP contribution in [0.4, 0.5) is 0 Å². The van der Waals surface area contributed by atoms with Crippen LogP contribution >= 0.6 is 15.9 Å². The van der Waals surface area contributed by atoms with Crippen molar-refractivity contribution in [2.75, 3.05) is 6.61 Å². The molecular formula is C16H19BrO2. The zero-order chi connectivity index (χ0) is 13.2. The number of fused-ring (bicyclic) bond motifs is 1. The second kappa shape index (κ2) is 5.66. The number of ketones is 1. The van der Waals surface area contributed by atoms with Crippen molar-refractivity contribution in [3.63, 3.8) is 0 Å². The Labute approximate surface area is 122 Å². The second-order valence-electron chi connectivity index (χ2n) is 5.72. The standard InChI is InChI=1S/C16H19BrO2/c17-14-8-12-5-6-19-16(12)13(9-14)10-15(18)7-11-3-1-2-4-11/h8-9,11H,1-7,10H2. The number of hydrogen-bond acceptors (Lipinski definition) is 2. The maximum atomic E-state index is 12.2. The molecule has 1 aromatic rings. The Bertz CT molecular complexity index is 490. The monoisotopic (exact) mass is 322 g/mol. The van der Waals surface area contributed by atoms with Gasteiger partial charge in [0.15, 0.2) is 0 Å². The zero-order valence-corrected chi connectivity index (χ0v) is 12.7. The van der Waals surface area contributed by atoms with E-state index in [1.807, 2.05) is 6.07 Å². The molecule has 1 aliphatic carbocycles. The molecule has 1 saturated carbocycles. The summed E-state index contributed by atoms with van der Waals surface area (Å²) in [5.74, 6) is 1.96. The minimum absolute atomic E-state index is 0.364. The number of carbonyl (C=O) groups is 1. The van der Waals surface area contributed by atoms with Crippen molar-refractivity contribution >= 4 is 21.7 Å². The molecule has 1 aromatic carbocycles.